The lowest BCUT2D eigenvalue weighted by Crippen LogP contribution is -2.12. The smallest absolute Gasteiger partial charge is 0.260 e. The minimum absolute atomic E-state index is 0.0569. The molecule has 0 aliphatic carbocycles. The van der Waals surface area contributed by atoms with E-state index < -0.39 is 0 Å². The van der Waals surface area contributed by atoms with Gasteiger partial charge >= 0.3 is 0 Å². The molecule has 1 aromatic carbocycles. The Labute approximate surface area is 161 Å². The summed E-state index contributed by atoms with van der Waals surface area (Å²) >= 11 is 16.5. The number of hydrogen-bond donors (Lipinski definition) is 1. The quantitative estimate of drug-likeness (QED) is 0.518. The summed E-state index contributed by atoms with van der Waals surface area (Å²) in [5, 5.41) is 3.55. The third kappa shape index (κ3) is 3.78. The number of carbonyl (C=O) groups is 1. The van der Waals surface area contributed by atoms with Crippen molar-refractivity contribution in [3.05, 3.63) is 61.6 Å². The highest BCUT2D eigenvalue weighted by Crippen LogP contribution is 2.31. The van der Waals surface area contributed by atoms with Gasteiger partial charge in [-0.15, -0.1) is 11.3 Å². The number of halogens is 3. The van der Waals surface area contributed by atoms with E-state index in [-0.39, 0.29) is 21.8 Å². The molecule has 0 spiro atoms. The highest BCUT2D eigenvalue weighted by molar-refractivity contribution is 9.10. The summed E-state index contributed by atoms with van der Waals surface area (Å²) in [6.07, 6.45) is 0. The van der Waals surface area contributed by atoms with Crippen molar-refractivity contribution in [1.29, 1.82) is 0 Å². The van der Waals surface area contributed by atoms with Crippen LogP contribution in [0.3, 0.4) is 0 Å². The van der Waals surface area contributed by atoms with Gasteiger partial charge in [0, 0.05) is 14.9 Å². The Morgan fingerprint density at radius 1 is 1.12 bits per heavy atom. The molecular formula is C16H10BrCl2N3OS. The number of benzene rings is 1. The first-order valence-corrected chi connectivity index (χ1v) is 9.17. The maximum absolute atomic E-state index is 12.3. The molecule has 8 heteroatoms. The molecule has 3 rings (SSSR count). The van der Waals surface area contributed by atoms with Crippen molar-refractivity contribution in [3.8, 4) is 11.3 Å². The van der Waals surface area contributed by atoms with Crippen LogP contribution in [0, 0.1) is 6.92 Å². The molecule has 24 heavy (non-hydrogen) atoms. The zero-order valence-corrected chi connectivity index (χ0v) is 16.2. The van der Waals surface area contributed by atoms with E-state index in [2.05, 4.69) is 31.2 Å². The number of pyridine rings is 1. The number of anilines is 1. The zero-order chi connectivity index (χ0) is 17.3. The van der Waals surface area contributed by atoms with Gasteiger partial charge in [-0.2, -0.15) is 0 Å². The third-order valence-electron chi connectivity index (χ3n) is 3.19. The molecule has 0 saturated carbocycles. The lowest BCUT2D eigenvalue weighted by atomic mass is 10.1. The predicted octanol–water partition coefficient (Wildman–Crippen LogP) is 5.84. The van der Waals surface area contributed by atoms with Crippen LogP contribution in [0.5, 0.6) is 0 Å². The minimum Gasteiger partial charge on any atom is -0.298 e. The normalized spacial score (nSPS) is 10.7. The van der Waals surface area contributed by atoms with Crippen LogP contribution in [0.15, 0.2) is 40.9 Å². The van der Waals surface area contributed by atoms with Crippen molar-refractivity contribution in [1.82, 2.24) is 9.97 Å². The molecule has 0 saturated heterocycles. The molecule has 122 valence electrons. The van der Waals surface area contributed by atoms with Crippen molar-refractivity contribution >= 4 is 61.5 Å². The predicted molar refractivity (Wildman–Crippen MR) is 102 cm³/mol. The van der Waals surface area contributed by atoms with Crippen LogP contribution in [0.2, 0.25) is 10.3 Å². The monoisotopic (exact) mass is 441 g/mol. The summed E-state index contributed by atoms with van der Waals surface area (Å²) < 4.78 is 0.998. The number of hydrogen-bond acceptors (Lipinski definition) is 4. The van der Waals surface area contributed by atoms with Gasteiger partial charge in [-0.3, -0.25) is 10.1 Å². The van der Waals surface area contributed by atoms with Gasteiger partial charge in [0.2, 0.25) is 0 Å². The standard InChI is InChI=1S/C16H10BrCl2N3OS/c1-8-13(9-2-4-10(17)5-3-9)21-16(24-8)22-15(23)11-6-7-12(18)20-14(11)19/h2-7H,1H3,(H,21,22,23). The first kappa shape index (κ1) is 17.4. The molecule has 0 radical (unpaired) electrons. The second-order valence-corrected chi connectivity index (χ2v) is 7.72. The van der Waals surface area contributed by atoms with Crippen LogP contribution in [-0.4, -0.2) is 15.9 Å². The second kappa shape index (κ2) is 7.19. The van der Waals surface area contributed by atoms with Crippen molar-refractivity contribution in [2.75, 3.05) is 5.32 Å². The molecule has 2 aromatic heterocycles. The lowest BCUT2D eigenvalue weighted by Gasteiger charge is -2.03. The Balaban J connectivity index is 1.85. The Kier molecular flexibility index (Phi) is 5.20. The Bertz CT molecular complexity index is 912. The highest BCUT2D eigenvalue weighted by atomic mass is 79.9. The Hall–Kier alpha value is -1.47. The first-order valence-electron chi connectivity index (χ1n) is 6.81. The molecule has 0 fully saturated rings. The molecular weight excluding hydrogens is 433 g/mol. The van der Waals surface area contributed by atoms with Gasteiger partial charge < -0.3 is 0 Å². The van der Waals surface area contributed by atoms with Crippen LogP contribution in [-0.2, 0) is 0 Å². The average Bonchev–Trinajstić information content (AvgIpc) is 2.88. The largest absolute Gasteiger partial charge is 0.298 e. The lowest BCUT2D eigenvalue weighted by molar-refractivity contribution is 0.102. The second-order valence-electron chi connectivity index (χ2n) is 4.86. The third-order valence-corrected chi connectivity index (χ3v) is 5.11. The molecule has 1 N–H and O–H groups in total. The molecule has 0 atom stereocenters. The van der Waals surface area contributed by atoms with Gasteiger partial charge in [0.05, 0.1) is 11.3 Å². The molecule has 0 aliphatic rings. The maximum atomic E-state index is 12.3. The number of nitrogens with one attached hydrogen (secondary N) is 1. The number of carbonyl (C=O) groups excluding carboxylic acids is 1. The van der Waals surface area contributed by atoms with E-state index in [4.69, 9.17) is 23.2 Å². The van der Waals surface area contributed by atoms with Crippen LogP contribution < -0.4 is 5.32 Å². The number of thiazole rings is 1. The van der Waals surface area contributed by atoms with E-state index in [1.54, 1.807) is 0 Å². The van der Waals surface area contributed by atoms with Crippen molar-refractivity contribution in [3.63, 3.8) is 0 Å². The molecule has 3 aromatic rings. The van der Waals surface area contributed by atoms with Gasteiger partial charge in [-0.1, -0.05) is 51.3 Å². The van der Waals surface area contributed by atoms with Gasteiger partial charge in [0.15, 0.2) is 5.13 Å². The number of aromatic nitrogens is 2. The van der Waals surface area contributed by atoms with Crippen LogP contribution in [0.4, 0.5) is 5.13 Å². The van der Waals surface area contributed by atoms with Crippen LogP contribution >= 0.6 is 50.5 Å². The highest BCUT2D eigenvalue weighted by Gasteiger charge is 2.16. The summed E-state index contributed by atoms with van der Waals surface area (Å²) in [5.41, 5.74) is 2.07. The zero-order valence-electron chi connectivity index (χ0n) is 12.3. The first-order chi connectivity index (χ1) is 11.4. The van der Waals surface area contributed by atoms with E-state index >= 15 is 0 Å². The van der Waals surface area contributed by atoms with E-state index in [1.807, 2.05) is 31.2 Å². The fraction of sp³-hybridized carbons (Fsp3) is 0.0625. The maximum Gasteiger partial charge on any atom is 0.260 e. The van der Waals surface area contributed by atoms with E-state index in [9.17, 15) is 4.79 Å². The number of nitrogens with zero attached hydrogens (tertiary/aromatic N) is 2. The van der Waals surface area contributed by atoms with Crippen molar-refractivity contribution in [2.24, 2.45) is 0 Å². The molecule has 0 unspecified atom stereocenters. The molecule has 0 bridgehead atoms. The van der Waals surface area contributed by atoms with Crippen molar-refractivity contribution < 1.29 is 4.79 Å². The minimum atomic E-state index is -0.375. The van der Waals surface area contributed by atoms with Crippen LogP contribution in [0.1, 0.15) is 15.2 Å². The van der Waals surface area contributed by atoms with Crippen LogP contribution in [0.25, 0.3) is 11.3 Å². The Morgan fingerprint density at radius 3 is 2.50 bits per heavy atom. The Morgan fingerprint density at radius 2 is 1.83 bits per heavy atom. The van der Waals surface area contributed by atoms with E-state index in [0.717, 1.165) is 20.6 Å². The topological polar surface area (TPSA) is 54.9 Å². The SMILES string of the molecule is Cc1sc(NC(=O)c2ccc(Cl)nc2Cl)nc1-c1ccc(Br)cc1. The average molecular weight is 443 g/mol. The number of aryl methyl sites for hydroxylation is 1. The molecule has 1 amide bonds. The van der Waals surface area contributed by atoms with E-state index in [0.29, 0.717) is 5.13 Å². The van der Waals surface area contributed by atoms with Crippen molar-refractivity contribution in [2.45, 2.75) is 6.92 Å². The molecule has 0 aliphatic heterocycles. The summed E-state index contributed by atoms with van der Waals surface area (Å²) in [6.45, 7) is 1.96. The fourth-order valence-electron chi connectivity index (χ4n) is 2.07. The van der Waals surface area contributed by atoms with Gasteiger partial charge in [-0.05, 0) is 31.2 Å². The number of rotatable bonds is 3. The molecule has 4 nitrogen and oxygen atoms in total. The summed E-state index contributed by atoms with van der Waals surface area (Å²) in [4.78, 5) is 21.7. The van der Waals surface area contributed by atoms with E-state index in [1.165, 1.54) is 23.5 Å². The molecule has 2 heterocycles. The summed E-state index contributed by atoms with van der Waals surface area (Å²) in [5.74, 6) is -0.375. The fourth-order valence-corrected chi connectivity index (χ4v) is 3.60. The van der Waals surface area contributed by atoms with Gasteiger partial charge in [0.1, 0.15) is 10.3 Å². The summed E-state index contributed by atoms with van der Waals surface area (Å²) in [6, 6.07) is 10.9. The van der Waals surface area contributed by atoms with Gasteiger partial charge in [0.25, 0.3) is 5.91 Å². The summed E-state index contributed by atoms with van der Waals surface area (Å²) in [7, 11) is 0. The van der Waals surface area contributed by atoms with Gasteiger partial charge in [-0.25, -0.2) is 9.97 Å². The number of amides is 1.